The summed E-state index contributed by atoms with van der Waals surface area (Å²) in [4.78, 5) is 10.5. The van der Waals surface area contributed by atoms with E-state index >= 15 is 0 Å². The smallest absolute Gasteiger partial charge is 0.150 e. The van der Waals surface area contributed by atoms with Crippen molar-refractivity contribution in [1.82, 2.24) is 0 Å². The Labute approximate surface area is 92.4 Å². The van der Waals surface area contributed by atoms with Gasteiger partial charge in [-0.05, 0) is 47.5 Å². The molecule has 1 atom stereocenters. The van der Waals surface area contributed by atoms with E-state index in [1.54, 1.807) is 18.2 Å². The zero-order valence-corrected chi connectivity index (χ0v) is 9.87. The first-order valence-electron chi connectivity index (χ1n) is 4.58. The van der Waals surface area contributed by atoms with Crippen LogP contribution in [0.4, 0.5) is 0 Å². The van der Waals surface area contributed by atoms with Gasteiger partial charge in [-0.25, -0.2) is 0 Å². The van der Waals surface area contributed by atoms with Gasteiger partial charge in [0.25, 0.3) is 0 Å². The van der Waals surface area contributed by atoms with Crippen LogP contribution in [0.3, 0.4) is 0 Å². The fourth-order valence-corrected chi connectivity index (χ4v) is 1.48. The summed E-state index contributed by atoms with van der Waals surface area (Å²) in [7, 11) is 0. The molecule has 1 aromatic rings. The molecule has 0 N–H and O–H groups in total. The summed E-state index contributed by atoms with van der Waals surface area (Å²) < 4.78 is 6.45. The minimum Gasteiger partial charge on any atom is -0.490 e. The number of carbonyl (C=O) groups is 1. The zero-order valence-electron chi connectivity index (χ0n) is 8.29. The number of hydrogen-bond acceptors (Lipinski definition) is 2. The maximum Gasteiger partial charge on any atom is 0.150 e. The van der Waals surface area contributed by atoms with E-state index in [4.69, 9.17) is 4.74 Å². The lowest BCUT2D eigenvalue weighted by Crippen LogP contribution is -2.10. The number of carbonyl (C=O) groups excluding carboxylic acids is 1. The molecule has 0 spiro atoms. The van der Waals surface area contributed by atoms with Gasteiger partial charge in [-0.1, -0.05) is 6.92 Å². The SMILES string of the molecule is CC[C@@H](C)Oc1ccc(C=O)cc1Br. The Morgan fingerprint density at radius 3 is 2.79 bits per heavy atom. The second-order valence-electron chi connectivity index (χ2n) is 3.14. The van der Waals surface area contributed by atoms with Crippen molar-refractivity contribution >= 4 is 22.2 Å². The Hall–Kier alpha value is -0.830. The molecule has 1 rings (SSSR count). The topological polar surface area (TPSA) is 26.3 Å². The van der Waals surface area contributed by atoms with Gasteiger partial charge in [-0.2, -0.15) is 0 Å². The second kappa shape index (κ2) is 5.15. The Morgan fingerprint density at radius 1 is 1.57 bits per heavy atom. The first kappa shape index (κ1) is 11.2. The van der Waals surface area contributed by atoms with Crippen LogP contribution in [0, 0.1) is 0 Å². The number of hydrogen-bond donors (Lipinski definition) is 0. The van der Waals surface area contributed by atoms with Crippen molar-refractivity contribution in [3.05, 3.63) is 28.2 Å². The van der Waals surface area contributed by atoms with Crippen LogP contribution in [-0.2, 0) is 0 Å². The molecule has 0 aromatic heterocycles. The summed E-state index contributed by atoms with van der Waals surface area (Å²) >= 11 is 3.36. The van der Waals surface area contributed by atoms with Gasteiger partial charge >= 0.3 is 0 Å². The van der Waals surface area contributed by atoms with E-state index < -0.39 is 0 Å². The summed E-state index contributed by atoms with van der Waals surface area (Å²) in [5.41, 5.74) is 0.647. The van der Waals surface area contributed by atoms with Crippen LogP contribution in [0.2, 0.25) is 0 Å². The first-order chi connectivity index (χ1) is 6.67. The average Bonchev–Trinajstić information content (AvgIpc) is 2.20. The number of halogens is 1. The minimum atomic E-state index is 0.188. The third kappa shape index (κ3) is 2.84. The molecule has 3 heteroatoms. The van der Waals surface area contributed by atoms with E-state index in [-0.39, 0.29) is 6.10 Å². The molecule has 0 aliphatic carbocycles. The number of benzene rings is 1. The normalized spacial score (nSPS) is 12.2. The van der Waals surface area contributed by atoms with Crippen LogP contribution >= 0.6 is 15.9 Å². The van der Waals surface area contributed by atoms with Crippen LogP contribution in [0.15, 0.2) is 22.7 Å². The van der Waals surface area contributed by atoms with Crippen molar-refractivity contribution in [2.24, 2.45) is 0 Å². The first-order valence-corrected chi connectivity index (χ1v) is 5.38. The van der Waals surface area contributed by atoms with Crippen molar-refractivity contribution < 1.29 is 9.53 Å². The third-order valence-corrected chi connectivity index (χ3v) is 2.61. The van der Waals surface area contributed by atoms with Gasteiger partial charge in [0.1, 0.15) is 12.0 Å². The second-order valence-corrected chi connectivity index (χ2v) is 4.00. The highest BCUT2D eigenvalue weighted by Crippen LogP contribution is 2.26. The van der Waals surface area contributed by atoms with Crippen molar-refractivity contribution in [3.8, 4) is 5.75 Å². The lowest BCUT2D eigenvalue weighted by molar-refractivity contribution is 0.112. The minimum absolute atomic E-state index is 0.188. The lowest BCUT2D eigenvalue weighted by Gasteiger charge is -2.13. The van der Waals surface area contributed by atoms with E-state index in [2.05, 4.69) is 22.9 Å². The molecule has 76 valence electrons. The monoisotopic (exact) mass is 256 g/mol. The van der Waals surface area contributed by atoms with Crippen molar-refractivity contribution in [1.29, 1.82) is 0 Å². The maximum absolute atomic E-state index is 10.5. The highest BCUT2D eigenvalue weighted by Gasteiger charge is 2.05. The molecule has 0 radical (unpaired) electrons. The Bertz CT molecular complexity index is 323. The van der Waals surface area contributed by atoms with Crippen molar-refractivity contribution in [2.75, 3.05) is 0 Å². The standard InChI is InChI=1S/C11H13BrO2/c1-3-8(2)14-11-5-4-9(7-13)6-10(11)12/h4-8H,3H2,1-2H3/t8-/m1/s1. The van der Waals surface area contributed by atoms with Gasteiger partial charge in [0.2, 0.25) is 0 Å². The maximum atomic E-state index is 10.5. The van der Waals surface area contributed by atoms with Gasteiger partial charge < -0.3 is 4.74 Å². The van der Waals surface area contributed by atoms with Crippen molar-refractivity contribution in [2.45, 2.75) is 26.4 Å². The van der Waals surface area contributed by atoms with Crippen LogP contribution < -0.4 is 4.74 Å². The molecule has 1 aromatic carbocycles. The quantitative estimate of drug-likeness (QED) is 0.772. The van der Waals surface area contributed by atoms with Gasteiger partial charge in [0, 0.05) is 5.56 Å². The molecule has 0 saturated carbocycles. The molecule has 0 aliphatic heterocycles. The van der Waals surface area contributed by atoms with Crippen molar-refractivity contribution in [3.63, 3.8) is 0 Å². The van der Waals surface area contributed by atoms with E-state index in [0.29, 0.717) is 5.56 Å². The molecular formula is C11H13BrO2. The highest BCUT2D eigenvalue weighted by atomic mass is 79.9. The summed E-state index contributed by atoms with van der Waals surface area (Å²) in [6, 6.07) is 5.31. The fourth-order valence-electron chi connectivity index (χ4n) is 0.986. The molecule has 2 nitrogen and oxygen atoms in total. The van der Waals surface area contributed by atoms with Gasteiger partial charge in [0.15, 0.2) is 0 Å². The predicted molar refractivity (Wildman–Crippen MR) is 59.9 cm³/mol. The zero-order chi connectivity index (χ0) is 10.6. The molecule has 0 unspecified atom stereocenters. The third-order valence-electron chi connectivity index (χ3n) is 2.00. The summed E-state index contributed by atoms with van der Waals surface area (Å²) in [5, 5.41) is 0. The molecule has 0 aliphatic rings. The van der Waals surface area contributed by atoms with Crippen LogP contribution in [-0.4, -0.2) is 12.4 Å². The van der Waals surface area contributed by atoms with Gasteiger partial charge in [0.05, 0.1) is 10.6 Å². The summed E-state index contributed by atoms with van der Waals surface area (Å²) in [6.45, 7) is 4.08. The highest BCUT2D eigenvalue weighted by molar-refractivity contribution is 9.10. The molecule has 0 bridgehead atoms. The van der Waals surface area contributed by atoms with Gasteiger partial charge in [-0.3, -0.25) is 4.79 Å². The molecule has 0 saturated heterocycles. The lowest BCUT2D eigenvalue weighted by atomic mass is 10.2. The molecule has 0 amide bonds. The number of ether oxygens (including phenoxy) is 1. The molecule has 14 heavy (non-hydrogen) atoms. The summed E-state index contributed by atoms with van der Waals surface area (Å²) in [6.07, 6.45) is 1.97. The van der Waals surface area contributed by atoms with Crippen LogP contribution in [0.5, 0.6) is 5.75 Å². The van der Waals surface area contributed by atoms with Gasteiger partial charge in [-0.15, -0.1) is 0 Å². The Morgan fingerprint density at radius 2 is 2.29 bits per heavy atom. The molecule has 0 heterocycles. The predicted octanol–water partition coefficient (Wildman–Crippen LogP) is 3.44. The Balaban J connectivity index is 2.83. The van der Waals surface area contributed by atoms with E-state index in [0.717, 1.165) is 22.9 Å². The van der Waals surface area contributed by atoms with Crippen LogP contribution in [0.25, 0.3) is 0 Å². The molecule has 0 fully saturated rings. The fraction of sp³-hybridized carbons (Fsp3) is 0.364. The number of aldehydes is 1. The number of rotatable bonds is 4. The average molecular weight is 257 g/mol. The molecular weight excluding hydrogens is 244 g/mol. The van der Waals surface area contributed by atoms with E-state index in [1.165, 1.54) is 0 Å². The Kier molecular flexibility index (Phi) is 4.14. The summed E-state index contributed by atoms with van der Waals surface area (Å²) in [5.74, 6) is 0.782. The van der Waals surface area contributed by atoms with Crippen LogP contribution in [0.1, 0.15) is 30.6 Å². The van der Waals surface area contributed by atoms with E-state index in [1.807, 2.05) is 6.92 Å². The van der Waals surface area contributed by atoms with E-state index in [9.17, 15) is 4.79 Å². The largest absolute Gasteiger partial charge is 0.490 e.